The number of rotatable bonds is 6. The number of aliphatic hydroxyl groups excluding tert-OH is 1. The molecule has 3 heteroatoms. The zero-order valence-electron chi connectivity index (χ0n) is 11.2. The number of hydrogen-bond acceptors (Lipinski definition) is 3. The van der Waals surface area contributed by atoms with Crippen LogP contribution in [0.5, 0.6) is 0 Å². The van der Waals surface area contributed by atoms with Crippen LogP contribution in [0.25, 0.3) is 0 Å². The van der Waals surface area contributed by atoms with Crippen molar-refractivity contribution in [1.29, 1.82) is 0 Å². The lowest BCUT2D eigenvalue weighted by molar-refractivity contribution is 0.300. The molecule has 0 fully saturated rings. The van der Waals surface area contributed by atoms with Crippen molar-refractivity contribution >= 4 is 11.8 Å². The van der Waals surface area contributed by atoms with Crippen LogP contribution in [0.2, 0.25) is 0 Å². The molecular weight excluding hydrogens is 230 g/mol. The predicted molar refractivity (Wildman–Crippen MR) is 76.7 cm³/mol. The van der Waals surface area contributed by atoms with Crippen LogP contribution >= 0.6 is 11.8 Å². The minimum Gasteiger partial charge on any atom is -0.395 e. The van der Waals surface area contributed by atoms with Gasteiger partial charge in [0.1, 0.15) is 0 Å². The third kappa shape index (κ3) is 4.70. The van der Waals surface area contributed by atoms with Crippen molar-refractivity contribution < 1.29 is 5.11 Å². The number of nitrogens with one attached hydrogen (secondary N) is 1. The quantitative estimate of drug-likeness (QED) is 0.817. The fraction of sp³-hybridized carbons (Fsp3) is 0.571. The first-order valence-corrected chi connectivity index (χ1v) is 7.09. The number of aliphatic hydroxyl groups is 1. The van der Waals surface area contributed by atoms with Crippen LogP contribution < -0.4 is 5.32 Å². The second kappa shape index (κ2) is 7.04. The number of aryl methyl sites for hydroxylation is 2. The molecule has 17 heavy (non-hydrogen) atoms. The maximum atomic E-state index is 9.04. The highest BCUT2D eigenvalue weighted by atomic mass is 32.2. The van der Waals surface area contributed by atoms with Crippen LogP contribution in [0.15, 0.2) is 18.2 Å². The van der Waals surface area contributed by atoms with Gasteiger partial charge in [-0.25, -0.2) is 0 Å². The molecule has 2 nitrogen and oxygen atoms in total. The third-order valence-corrected chi connectivity index (χ3v) is 4.04. The summed E-state index contributed by atoms with van der Waals surface area (Å²) in [5.41, 5.74) is 3.95. The van der Waals surface area contributed by atoms with Crippen LogP contribution in [0, 0.1) is 13.8 Å². The van der Waals surface area contributed by atoms with E-state index in [0.29, 0.717) is 11.3 Å². The maximum absolute atomic E-state index is 9.04. The zero-order chi connectivity index (χ0) is 12.8. The van der Waals surface area contributed by atoms with Gasteiger partial charge in [-0.05, 0) is 26.5 Å². The predicted octanol–water partition coefficient (Wildman–Crippen LogP) is 2.68. The van der Waals surface area contributed by atoms with E-state index in [2.05, 4.69) is 44.3 Å². The Morgan fingerprint density at radius 1 is 1.24 bits per heavy atom. The summed E-state index contributed by atoms with van der Waals surface area (Å²) in [6.07, 6.45) is 0. The van der Waals surface area contributed by atoms with E-state index in [-0.39, 0.29) is 6.61 Å². The molecule has 96 valence electrons. The molecule has 0 radical (unpaired) electrons. The van der Waals surface area contributed by atoms with Gasteiger partial charge in [-0.2, -0.15) is 11.8 Å². The highest BCUT2D eigenvalue weighted by molar-refractivity contribution is 7.99. The molecule has 0 aliphatic heterocycles. The van der Waals surface area contributed by atoms with Crippen molar-refractivity contribution in [3.8, 4) is 0 Å². The van der Waals surface area contributed by atoms with Gasteiger partial charge in [0.25, 0.3) is 0 Å². The number of benzene rings is 1. The first-order valence-electron chi connectivity index (χ1n) is 6.04. The van der Waals surface area contributed by atoms with Crippen molar-refractivity contribution in [2.24, 2.45) is 0 Å². The highest BCUT2D eigenvalue weighted by Crippen LogP contribution is 2.22. The summed E-state index contributed by atoms with van der Waals surface area (Å²) in [7, 11) is 1.99. The lowest BCUT2D eigenvalue weighted by Crippen LogP contribution is -2.20. The fourth-order valence-corrected chi connectivity index (χ4v) is 2.86. The van der Waals surface area contributed by atoms with Gasteiger partial charge in [0.05, 0.1) is 6.61 Å². The van der Waals surface area contributed by atoms with E-state index < -0.39 is 0 Å². The minimum absolute atomic E-state index is 0.244. The average Bonchev–Trinajstić information content (AvgIpc) is 2.28. The topological polar surface area (TPSA) is 32.3 Å². The molecule has 0 aliphatic carbocycles. The van der Waals surface area contributed by atoms with E-state index in [1.165, 1.54) is 16.7 Å². The van der Waals surface area contributed by atoms with Gasteiger partial charge in [-0.15, -0.1) is 0 Å². The average molecular weight is 253 g/mol. The Morgan fingerprint density at radius 3 is 2.29 bits per heavy atom. The van der Waals surface area contributed by atoms with E-state index in [1.54, 1.807) is 11.8 Å². The molecule has 0 aromatic heterocycles. The Labute approximate surface area is 109 Å². The molecule has 0 heterocycles. The Bertz CT molecular complexity index is 334. The standard InChI is InChI=1S/C14H23NOS/c1-10-5-11(2)7-13(6-10)14(15-4)9-17-12(3)8-16/h5-7,12,14-16H,8-9H2,1-4H3. The summed E-state index contributed by atoms with van der Waals surface area (Å²) in [6.45, 7) is 6.56. The summed E-state index contributed by atoms with van der Waals surface area (Å²) >= 11 is 1.80. The maximum Gasteiger partial charge on any atom is 0.0547 e. The Morgan fingerprint density at radius 2 is 1.82 bits per heavy atom. The van der Waals surface area contributed by atoms with Crippen LogP contribution in [0.1, 0.15) is 29.7 Å². The van der Waals surface area contributed by atoms with E-state index >= 15 is 0 Å². The van der Waals surface area contributed by atoms with Gasteiger partial charge in [0, 0.05) is 17.0 Å². The lowest BCUT2D eigenvalue weighted by Gasteiger charge is -2.19. The van der Waals surface area contributed by atoms with Crippen LogP contribution in [0.3, 0.4) is 0 Å². The Balaban J connectivity index is 2.72. The Kier molecular flexibility index (Phi) is 6.03. The molecule has 2 unspecified atom stereocenters. The molecule has 2 N–H and O–H groups in total. The van der Waals surface area contributed by atoms with Gasteiger partial charge >= 0.3 is 0 Å². The Hall–Kier alpha value is -0.510. The smallest absolute Gasteiger partial charge is 0.0547 e. The van der Waals surface area contributed by atoms with Crippen molar-refractivity contribution in [1.82, 2.24) is 5.32 Å². The minimum atomic E-state index is 0.244. The van der Waals surface area contributed by atoms with Crippen molar-refractivity contribution in [3.63, 3.8) is 0 Å². The van der Waals surface area contributed by atoms with E-state index in [9.17, 15) is 0 Å². The highest BCUT2D eigenvalue weighted by Gasteiger charge is 2.12. The van der Waals surface area contributed by atoms with Gasteiger partial charge in [0.2, 0.25) is 0 Å². The second-order valence-electron chi connectivity index (χ2n) is 4.59. The second-order valence-corrected chi connectivity index (χ2v) is 6.06. The molecule has 1 aromatic rings. The van der Waals surface area contributed by atoms with Crippen molar-refractivity contribution in [3.05, 3.63) is 34.9 Å². The van der Waals surface area contributed by atoms with Crippen LogP contribution in [-0.2, 0) is 0 Å². The molecule has 0 saturated carbocycles. The SMILES string of the molecule is CNC(CSC(C)CO)c1cc(C)cc(C)c1. The first-order chi connectivity index (χ1) is 8.06. The summed E-state index contributed by atoms with van der Waals surface area (Å²) in [5.74, 6) is 0.987. The molecule has 0 saturated heterocycles. The molecule has 2 atom stereocenters. The van der Waals surface area contributed by atoms with Gasteiger partial charge in [-0.3, -0.25) is 0 Å². The summed E-state index contributed by atoms with van der Waals surface area (Å²) in [4.78, 5) is 0. The molecule has 1 rings (SSSR count). The molecular formula is C14H23NOS. The molecule has 1 aromatic carbocycles. The molecule has 0 spiro atoms. The monoisotopic (exact) mass is 253 g/mol. The molecule has 0 aliphatic rings. The van der Waals surface area contributed by atoms with Crippen molar-refractivity contribution in [2.45, 2.75) is 32.1 Å². The van der Waals surface area contributed by atoms with Gasteiger partial charge < -0.3 is 10.4 Å². The third-order valence-electron chi connectivity index (χ3n) is 2.80. The van der Waals surface area contributed by atoms with E-state index in [0.717, 1.165) is 5.75 Å². The van der Waals surface area contributed by atoms with E-state index in [1.807, 2.05) is 7.05 Å². The van der Waals surface area contributed by atoms with E-state index in [4.69, 9.17) is 5.11 Å². The van der Waals surface area contributed by atoms with Gasteiger partial charge in [0.15, 0.2) is 0 Å². The fourth-order valence-electron chi connectivity index (χ4n) is 1.87. The molecule has 0 bridgehead atoms. The summed E-state index contributed by atoms with van der Waals surface area (Å²) < 4.78 is 0. The van der Waals surface area contributed by atoms with Crippen LogP contribution in [0.4, 0.5) is 0 Å². The van der Waals surface area contributed by atoms with Crippen molar-refractivity contribution in [2.75, 3.05) is 19.4 Å². The largest absolute Gasteiger partial charge is 0.395 e. The summed E-state index contributed by atoms with van der Waals surface area (Å²) in [6, 6.07) is 7.02. The van der Waals surface area contributed by atoms with Gasteiger partial charge in [-0.1, -0.05) is 36.2 Å². The number of thioether (sulfide) groups is 1. The molecule has 0 amide bonds. The normalized spacial score (nSPS) is 14.6. The summed E-state index contributed by atoms with van der Waals surface area (Å²) in [5, 5.41) is 12.7. The van der Waals surface area contributed by atoms with Crippen LogP contribution in [-0.4, -0.2) is 29.8 Å². The first kappa shape index (κ1) is 14.6. The zero-order valence-corrected chi connectivity index (χ0v) is 12.0. The lowest BCUT2D eigenvalue weighted by atomic mass is 10.0. The number of hydrogen-bond donors (Lipinski definition) is 2.